The molecule has 2 aromatic rings. The van der Waals surface area contributed by atoms with Crippen molar-refractivity contribution < 1.29 is 24.2 Å². The number of nitriles is 1. The fraction of sp³-hybridized carbons (Fsp3) is 0.176. The fourth-order valence-corrected chi connectivity index (χ4v) is 2.82. The number of hydrogen-bond acceptors (Lipinski definition) is 5. The highest BCUT2D eigenvalue weighted by Gasteiger charge is 2.20. The van der Waals surface area contributed by atoms with Crippen molar-refractivity contribution in [2.75, 3.05) is 0 Å². The van der Waals surface area contributed by atoms with Crippen molar-refractivity contribution in [3.05, 3.63) is 56.6 Å². The van der Waals surface area contributed by atoms with E-state index < -0.39 is 35.4 Å². The average Bonchev–Trinajstić information content (AvgIpc) is 2.56. The molecule has 0 aliphatic heterocycles. The number of aliphatic carboxylic acids is 1. The van der Waals surface area contributed by atoms with Crippen molar-refractivity contribution in [1.82, 2.24) is 4.98 Å². The van der Waals surface area contributed by atoms with Gasteiger partial charge in [0.2, 0.25) is 0 Å². The topological polar surface area (TPSA) is 111 Å². The van der Waals surface area contributed by atoms with Crippen molar-refractivity contribution in [2.45, 2.75) is 19.3 Å². The molecule has 0 atom stereocenters. The van der Waals surface area contributed by atoms with Crippen LogP contribution < -0.4 is 0 Å². The van der Waals surface area contributed by atoms with E-state index in [2.05, 4.69) is 4.98 Å². The van der Waals surface area contributed by atoms with Crippen molar-refractivity contribution in [1.29, 1.82) is 5.26 Å². The van der Waals surface area contributed by atoms with E-state index in [9.17, 15) is 19.1 Å². The number of aromatic hydroxyl groups is 1. The SMILES string of the molecule is N#Cc1cc(Cc2c(Cl)cc(F)cc2Cl)nc(C(=O)CCC(=O)O)c1O. The minimum Gasteiger partial charge on any atom is -0.504 e. The van der Waals surface area contributed by atoms with E-state index in [1.54, 1.807) is 6.07 Å². The number of ketones is 1. The zero-order valence-electron chi connectivity index (χ0n) is 13.1. The van der Waals surface area contributed by atoms with Crippen LogP contribution in [0.5, 0.6) is 5.75 Å². The van der Waals surface area contributed by atoms with Crippen molar-refractivity contribution in [3.8, 4) is 11.8 Å². The summed E-state index contributed by atoms with van der Waals surface area (Å²) in [6.07, 6.45) is -0.851. The Hall–Kier alpha value is -2.69. The number of carbonyl (C=O) groups excluding carboxylic acids is 1. The van der Waals surface area contributed by atoms with Crippen molar-refractivity contribution in [3.63, 3.8) is 0 Å². The summed E-state index contributed by atoms with van der Waals surface area (Å²) in [7, 11) is 0. The monoisotopic (exact) mass is 396 g/mol. The number of benzene rings is 1. The third kappa shape index (κ3) is 4.48. The van der Waals surface area contributed by atoms with Crippen LogP contribution in [-0.2, 0) is 11.2 Å². The van der Waals surface area contributed by atoms with Gasteiger partial charge in [0.05, 0.1) is 12.0 Å². The number of pyridine rings is 1. The lowest BCUT2D eigenvalue weighted by Gasteiger charge is -2.10. The number of carboxylic acid groups (broad SMARTS) is 1. The molecule has 1 heterocycles. The molecule has 0 aliphatic carbocycles. The molecule has 2 N–H and O–H groups in total. The van der Waals surface area contributed by atoms with E-state index in [1.165, 1.54) is 6.07 Å². The molecule has 1 aromatic heterocycles. The summed E-state index contributed by atoms with van der Waals surface area (Å²) in [5, 5.41) is 27.9. The Balaban J connectivity index is 2.44. The maximum absolute atomic E-state index is 13.3. The average molecular weight is 397 g/mol. The summed E-state index contributed by atoms with van der Waals surface area (Å²) >= 11 is 12.0. The molecule has 134 valence electrons. The van der Waals surface area contributed by atoms with E-state index in [0.29, 0.717) is 5.56 Å². The number of hydrogen-bond donors (Lipinski definition) is 2. The summed E-state index contributed by atoms with van der Waals surface area (Å²) in [4.78, 5) is 26.7. The third-order valence-electron chi connectivity index (χ3n) is 3.46. The van der Waals surface area contributed by atoms with Crippen LogP contribution in [0.2, 0.25) is 10.0 Å². The van der Waals surface area contributed by atoms with E-state index in [4.69, 9.17) is 33.6 Å². The number of nitrogens with zero attached hydrogens (tertiary/aromatic N) is 2. The Morgan fingerprint density at radius 1 is 1.19 bits per heavy atom. The number of carbonyl (C=O) groups is 2. The summed E-state index contributed by atoms with van der Waals surface area (Å²) in [5.41, 5.74) is -0.0909. The summed E-state index contributed by atoms with van der Waals surface area (Å²) in [6, 6.07) is 5.11. The van der Waals surface area contributed by atoms with Crippen LogP contribution >= 0.6 is 23.2 Å². The van der Waals surface area contributed by atoms with Gasteiger partial charge < -0.3 is 10.2 Å². The second kappa shape index (κ2) is 8.13. The lowest BCUT2D eigenvalue weighted by Crippen LogP contribution is -2.09. The molecule has 0 amide bonds. The molecule has 9 heteroatoms. The van der Waals surface area contributed by atoms with E-state index in [0.717, 1.165) is 12.1 Å². The number of Topliss-reactive ketones (excluding diaryl/α,β-unsaturated/α-hetero) is 1. The van der Waals surface area contributed by atoms with Gasteiger partial charge >= 0.3 is 5.97 Å². The first-order chi connectivity index (χ1) is 12.2. The Bertz CT molecular complexity index is 918. The second-order valence-electron chi connectivity index (χ2n) is 5.31. The molecule has 0 unspecified atom stereocenters. The van der Waals surface area contributed by atoms with Gasteiger partial charge in [0.25, 0.3) is 0 Å². The highest BCUT2D eigenvalue weighted by molar-refractivity contribution is 6.36. The van der Waals surface area contributed by atoms with Gasteiger partial charge in [-0.1, -0.05) is 23.2 Å². The molecule has 0 radical (unpaired) electrons. The number of aromatic nitrogens is 1. The molecular weight excluding hydrogens is 386 g/mol. The molecule has 6 nitrogen and oxygen atoms in total. The van der Waals surface area contributed by atoms with E-state index in [-0.39, 0.29) is 34.1 Å². The van der Waals surface area contributed by atoms with Gasteiger partial charge in [-0.05, 0) is 23.8 Å². The fourth-order valence-electron chi connectivity index (χ4n) is 2.22. The normalized spacial score (nSPS) is 10.4. The molecule has 0 bridgehead atoms. The van der Waals surface area contributed by atoms with Gasteiger partial charge in [0, 0.05) is 28.6 Å². The standard InChI is InChI=1S/C17H11Cl2FN2O4/c18-12-4-9(20)5-13(19)11(12)6-10-3-8(7-21)17(26)16(22-10)14(23)1-2-15(24)25/h3-5,26H,1-2,6H2,(H,24,25). The Kier molecular flexibility index (Phi) is 6.14. The molecule has 0 spiro atoms. The maximum Gasteiger partial charge on any atom is 0.303 e. The van der Waals surface area contributed by atoms with E-state index >= 15 is 0 Å². The third-order valence-corrected chi connectivity index (χ3v) is 4.13. The number of halogens is 3. The first-order valence-electron chi connectivity index (χ1n) is 7.24. The summed E-state index contributed by atoms with van der Waals surface area (Å²) < 4.78 is 13.3. The molecule has 0 saturated carbocycles. The minimum absolute atomic E-state index is 0.0217. The summed E-state index contributed by atoms with van der Waals surface area (Å²) in [6.45, 7) is 0. The molecular formula is C17H11Cl2FN2O4. The van der Waals surface area contributed by atoms with Crippen LogP contribution in [0.1, 0.15) is 40.2 Å². The van der Waals surface area contributed by atoms with Crippen LogP contribution in [0.15, 0.2) is 18.2 Å². The highest BCUT2D eigenvalue weighted by atomic mass is 35.5. The molecule has 2 rings (SSSR count). The van der Waals surface area contributed by atoms with Gasteiger partial charge in [-0.15, -0.1) is 0 Å². The van der Waals surface area contributed by atoms with Crippen molar-refractivity contribution >= 4 is 35.0 Å². The van der Waals surface area contributed by atoms with Crippen LogP contribution in [0.25, 0.3) is 0 Å². The molecule has 1 aromatic carbocycles. The predicted molar refractivity (Wildman–Crippen MR) is 91.0 cm³/mol. The maximum atomic E-state index is 13.3. The molecule has 0 fully saturated rings. The number of carboxylic acids is 1. The molecule has 0 saturated heterocycles. The Morgan fingerprint density at radius 2 is 1.81 bits per heavy atom. The lowest BCUT2D eigenvalue weighted by molar-refractivity contribution is -0.136. The second-order valence-corrected chi connectivity index (χ2v) is 6.13. The minimum atomic E-state index is -1.18. The van der Waals surface area contributed by atoms with Crippen molar-refractivity contribution in [2.24, 2.45) is 0 Å². The van der Waals surface area contributed by atoms with Crippen LogP contribution in [0.4, 0.5) is 4.39 Å². The first kappa shape index (κ1) is 19.6. The number of rotatable bonds is 6. The van der Waals surface area contributed by atoms with Gasteiger partial charge in [-0.2, -0.15) is 5.26 Å². The first-order valence-corrected chi connectivity index (χ1v) is 8.00. The van der Waals surface area contributed by atoms with E-state index in [1.807, 2.05) is 0 Å². The predicted octanol–water partition coefficient (Wildman–Crippen LogP) is 3.74. The zero-order valence-corrected chi connectivity index (χ0v) is 14.6. The Morgan fingerprint density at radius 3 is 2.35 bits per heavy atom. The largest absolute Gasteiger partial charge is 0.504 e. The van der Waals surface area contributed by atoms with Gasteiger partial charge in [0.1, 0.15) is 17.6 Å². The quantitative estimate of drug-likeness (QED) is 0.719. The van der Waals surface area contributed by atoms with Gasteiger partial charge in [-0.25, -0.2) is 9.37 Å². The van der Waals surface area contributed by atoms with Gasteiger partial charge in [0.15, 0.2) is 11.5 Å². The molecule has 0 aliphatic rings. The Labute approximate surface area is 157 Å². The lowest BCUT2D eigenvalue weighted by atomic mass is 10.0. The molecule has 26 heavy (non-hydrogen) atoms. The summed E-state index contributed by atoms with van der Waals surface area (Å²) in [5.74, 6) is -3.15. The zero-order chi connectivity index (χ0) is 19.4. The smallest absolute Gasteiger partial charge is 0.303 e. The van der Waals surface area contributed by atoms with Crippen LogP contribution in [0, 0.1) is 17.1 Å². The highest BCUT2D eigenvalue weighted by Crippen LogP contribution is 2.30. The van der Waals surface area contributed by atoms with Crippen LogP contribution in [0.3, 0.4) is 0 Å². The van der Waals surface area contributed by atoms with Crippen LogP contribution in [-0.4, -0.2) is 26.9 Å². The van der Waals surface area contributed by atoms with Gasteiger partial charge in [-0.3, -0.25) is 9.59 Å².